The number of ether oxygens (including phenoxy) is 1. The number of aliphatic hydroxyl groups excluding tert-OH is 1. The van der Waals surface area contributed by atoms with Crippen molar-refractivity contribution in [2.45, 2.75) is 64.6 Å². The van der Waals surface area contributed by atoms with E-state index in [9.17, 15) is 14.7 Å². The average molecular weight is 508 g/mol. The number of aliphatic hydroxyl groups is 1. The Morgan fingerprint density at radius 3 is 2.59 bits per heavy atom. The van der Waals surface area contributed by atoms with Crippen LogP contribution in [0.15, 0.2) is 48.5 Å². The van der Waals surface area contributed by atoms with Gasteiger partial charge in [-0.25, -0.2) is 0 Å². The van der Waals surface area contributed by atoms with E-state index in [1.807, 2.05) is 31.2 Å². The Kier molecular flexibility index (Phi) is 9.22. The van der Waals surface area contributed by atoms with E-state index < -0.39 is 0 Å². The fourth-order valence-corrected chi connectivity index (χ4v) is 5.39. The molecule has 2 aromatic carbocycles. The Morgan fingerprint density at radius 2 is 1.89 bits per heavy atom. The lowest BCUT2D eigenvalue weighted by molar-refractivity contribution is -0.120. The predicted molar refractivity (Wildman–Crippen MR) is 146 cm³/mol. The van der Waals surface area contributed by atoms with Crippen LogP contribution in [-0.2, 0) is 11.3 Å². The first-order chi connectivity index (χ1) is 17.9. The lowest BCUT2D eigenvalue weighted by Gasteiger charge is -2.38. The number of benzene rings is 2. The van der Waals surface area contributed by atoms with Crippen LogP contribution < -0.4 is 10.1 Å². The molecule has 200 valence electrons. The Morgan fingerprint density at radius 1 is 1.16 bits per heavy atom. The SMILES string of the molecule is C[C@@H]1CN([C@H](C)CO)C(=O)c2cc(NC(=O)C3CCCCC3)ccc2O[C@@H]1CN(C)Cc1ccccc1. The van der Waals surface area contributed by atoms with Crippen molar-refractivity contribution < 1.29 is 19.4 Å². The van der Waals surface area contributed by atoms with E-state index in [0.29, 0.717) is 30.1 Å². The van der Waals surface area contributed by atoms with Crippen LogP contribution in [-0.4, -0.2) is 65.6 Å². The summed E-state index contributed by atoms with van der Waals surface area (Å²) < 4.78 is 6.50. The van der Waals surface area contributed by atoms with Gasteiger partial charge in [-0.05, 0) is 50.6 Å². The zero-order chi connectivity index (χ0) is 26.4. The smallest absolute Gasteiger partial charge is 0.258 e. The van der Waals surface area contributed by atoms with Crippen LogP contribution in [0.1, 0.15) is 61.9 Å². The molecule has 1 aliphatic carbocycles. The molecule has 2 aliphatic rings. The summed E-state index contributed by atoms with van der Waals surface area (Å²) in [5.74, 6) is 0.427. The van der Waals surface area contributed by atoms with Crippen molar-refractivity contribution in [3.05, 3.63) is 59.7 Å². The third-order valence-corrected chi connectivity index (χ3v) is 7.70. The van der Waals surface area contributed by atoms with Gasteiger partial charge in [0.2, 0.25) is 5.91 Å². The first kappa shape index (κ1) is 27.1. The second-order valence-corrected chi connectivity index (χ2v) is 10.8. The quantitative estimate of drug-likeness (QED) is 0.548. The standard InChI is InChI=1S/C30H41N3O4/c1-21-17-33(22(2)20-34)30(36)26-16-25(31-29(35)24-12-8-5-9-13-24)14-15-27(26)37-28(21)19-32(3)18-23-10-6-4-7-11-23/h4,6-7,10-11,14-16,21-22,24,28,34H,5,8-9,12-13,17-20H2,1-3H3,(H,31,35)/t21-,22-,28-/m1/s1. The Hall–Kier alpha value is -2.90. The fourth-order valence-electron chi connectivity index (χ4n) is 5.39. The molecule has 0 radical (unpaired) electrons. The van der Waals surface area contributed by atoms with E-state index in [-0.39, 0.29) is 42.4 Å². The minimum atomic E-state index is -0.330. The summed E-state index contributed by atoms with van der Waals surface area (Å²) >= 11 is 0. The van der Waals surface area contributed by atoms with Crippen molar-refractivity contribution in [1.29, 1.82) is 0 Å². The number of carbonyl (C=O) groups excluding carboxylic acids is 2. The molecule has 0 spiro atoms. The van der Waals surface area contributed by atoms with E-state index in [4.69, 9.17) is 4.74 Å². The zero-order valence-corrected chi connectivity index (χ0v) is 22.4. The van der Waals surface area contributed by atoms with Gasteiger partial charge in [0.05, 0.1) is 18.2 Å². The second-order valence-electron chi connectivity index (χ2n) is 10.8. The van der Waals surface area contributed by atoms with Gasteiger partial charge in [-0.15, -0.1) is 0 Å². The van der Waals surface area contributed by atoms with Crippen molar-refractivity contribution in [1.82, 2.24) is 9.80 Å². The molecule has 2 amide bonds. The third kappa shape index (κ3) is 6.90. The average Bonchev–Trinajstić information content (AvgIpc) is 2.91. The van der Waals surface area contributed by atoms with E-state index in [1.165, 1.54) is 12.0 Å². The molecule has 3 atom stereocenters. The molecule has 0 bridgehead atoms. The molecule has 2 N–H and O–H groups in total. The van der Waals surface area contributed by atoms with Crippen molar-refractivity contribution in [2.75, 3.05) is 32.1 Å². The molecule has 1 heterocycles. The van der Waals surface area contributed by atoms with Crippen LogP contribution in [0.2, 0.25) is 0 Å². The summed E-state index contributed by atoms with van der Waals surface area (Å²) in [5, 5.41) is 12.9. The summed E-state index contributed by atoms with van der Waals surface area (Å²) in [6.45, 7) is 5.79. The van der Waals surface area contributed by atoms with Crippen LogP contribution in [0.4, 0.5) is 5.69 Å². The molecule has 7 nitrogen and oxygen atoms in total. The van der Waals surface area contributed by atoms with Crippen molar-refractivity contribution in [2.24, 2.45) is 11.8 Å². The summed E-state index contributed by atoms with van der Waals surface area (Å²) in [6, 6.07) is 15.3. The molecule has 2 aromatic rings. The summed E-state index contributed by atoms with van der Waals surface area (Å²) in [5.41, 5.74) is 2.26. The van der Waals surface area contributed by atoms with Gasteiger partial charge in [0.25, 0.3) is 5.91 Å². The number of anilines is 1. The Bertz CT molecular complexity index is 1050. The summed E-state index contributed by atoms with van der Waals surface area (Å²) in [7, 11) is 2.08. The molecule has 37 heavy (non-hydrogen) atoms. The fraction of sp³-hybridized carbons (Fsp3) is 0.533. The maximum Gasteiger partial charge on any atom is 0.258 e. The molecular weight excluding hydrogens is 466 g/mol. The molecule has 0 unspecified atom stereocenters. The third-order valence-electron chi connectivity index (χ3n) is 7.70. The highest BCUT2D eigenvalue weighted by Crippen LogP contribution is 2.32. The number of hydrogen-bond acceptors (Lipinski definition) is 5. The highest BCUT2D eigenvalue weighted by molar-refractivity contribution is 6.00. The minimum Gasteiger partial charge on any atom is -0.488 e. The van der Waals surface area contributed by atoms with Crippen LogP contribution >= 0.6 is 0 Å². The zero-order valence-electron chi connectivity index (χ0n) is 22.4. The first-order valence-electron chi connectivity index (χ1n) is 13.6. The van der Waals surface area contributed by atoms with Gasteiger partial charge in [0.15, 0.2) is 0 Å². The van der Waals surface area contributed by atoms with Crippen LogP contribution in [0, 0.1) is 11.8 Å². The van der Waals surface area contributed by atoms with Gasteiger partial charge in [-0.1, -0.05) is 56.5 Å². The lowest BCUT2D eigenvalue weighted by Crippen LogP contribution is -2.49. The minimum absolute atomic E-state index is 0.0217. The van der Waals surface area contributed by atoms with Gasteiger partial charge in [0, 0.05) is 37.2 Å². The molecule has 1 aliphatic heterocycles. The summed E-state index contributed by atoms with van der Waals surface area (Å²) in [4.78, 5) is 30.5. The largest absolute Gasteiger partial charge is 0.488 e. The van der Waals surface area contributed by atoms with Gasteiger partial charge >= 0.3 is 0 Å². The van der Waals surface area contributed by atoms with Gasteiger partial charge in [-0.3, -0.25) is 14.5 Å². The van der Waals surface area contributed by atoms with Crippen LogP contribution in [0.3, 0.4) is 0 Å². The van der Waals surface area contributed by atoms with Gasteiger partial charge in [-0.2, -0.15) is 0 Å². The highest BCUT2D eigenvalue weighted by atomic mass is 16.5. The van der Waals surface area contributed by atoms with Crippen molar-refractivity contribution in [3.63, 3.8) is 0 Å². The number of nitrogens with zero attached hydrogens (tertiary/aromatic N) is 2. The van der Waals surface area contributed by atoms with Gasteiger partial charge in [0.1, 0.15) is 11.9 Å². The lowest BCUT2D eigenvalue weighted by atomic mass is 9.88. The van der Waals surface area contributed by atoms with E-state index in [1.54, 1.807) is 17.0 Å². The predicted octanol–water partition coefficient (Wildman–Crippen LogP) is 4.56. The number of hydrogen-bond donors (Lipinski definition) is 2. The maximum atomic E-state index is 13.7. The van der Waals surface area contributed by atoms with Crippen molar-refractivity contribution in [3.8, 4) is 5.75 Å². The van der Waals surface area contributed by atoms with Crippen LogP contribution in [0.25, 0.3) is 0 Å². The van der Waals surface area contributed by atoms with Crippen molar-refractivity contribution >= 4 is 17.5 Å². The topological polar surface area (TPSA) is 82.1 Å². The normalized spacial score (nSPS) is 21.5. The monoisotopic (exact) mass is 507 g/mol. The molecule has 1 fully saturated rings. The molecule has 1 saturated carbocycles. The number of likely N-dealkylation sites (N-methyl/N-ethyl adjacent to an activating group) is 1. The Labute approximate surface area is 220 Å². The second kappa shape index (κ2) is 12.6. The van der Waals surface area contributed by atoms with Crippen LogP contribution in [0.5, 0.6) is 5.75 Å². The first-order valence-corrected chi connectivity index (χ1v) is 13.6. The molecule has 0 saturated heterocycles. The maximum absolute atomic E-state index is 13.7. The summed E-state index contributed by atoms with van der Waals surface area (Å²) in [6.07, 6.45) is 5.03. The van der Waals surface area contributed by atoms with E-state index in [0.717, 1.165) is 32.2 Å². The van der Waals surface area contributed by atoms with E-state index >= 15 is 0 Å². The number of amides is 2. The number of nitrogens with one attached hydrogen (secondary N) is 1. The number of rotatable bonds is 8. The molecule has 4 rings (SSSR count). The molecule has 0 aromatic heterocycles. The molecule has 7 heteroatoms. The number of carbonyl (C=O) groups is 2. The highest BCUT2D eigenvalue weighted by Gasteiger charge is 2.33. The van der Waals surface area contributed by atoms with Gasteiger partial charge < -0.3 is 20.1 Å². The van der Waals surface area contributed by atoms with E-state index in [2.05, 4.69) is 36.3 Å². The number of fused-ring (bicyclic) bond motifs is 1. The Balaban J connectivity index is 1.57. The molecular formula is C30H41N3O4.